The Hall–Kier alpha value is -2.85. The Kier molecular flexibility index (Phi) is 5.41. The number of H-pyrrole nitrogens is 1. The molecule has 162 valence electrons. The summed E-state index contributed by atoms with van der Waals surface area (Å²) >= 11 is 1.33. The van der Waals surface area contributed by atoms with Crippen molar-refractivity contribution >= 4 is 33.2 Å². The summed E-state index contributed by atoms with van der Waals surface area (Å²) in [6, 6.07) is 1.84. The number of esters is 1. The van der Waals surface area contributed by atoms with Crippen molar-refractivity contribution in [2.75, 3.05) is 13.2 Å². The fraction of sp³-hybridized carbons (Fsp3) is 0.429. The number of aromatic nitrogens is 4. The first-order valence-electron chi connectivity index (χ1n) is 10.2. The summed E-state index contributed by atoms with van der Waals surface area (Å²) in [7, 11) is 0. The monoisotopic (exact) mass is 444 g/mol. The van der Waals surface area contributed by atoms with E-state index in [9.17, 15) is 14.0 Å². The van der Waals surface area contributed by atoms with Crippen LogP contribution in [0.15, 0.2) is 29.5 Å². The van der Waals surface area contributed by atoms with Crippen molar-refractivity contribution in [1.29, 1.82) is 0 Å². The molecule has 2 atom stereocenters. The van der Waals surface area contributed by atoms with Crippen molar-refractivity contribution in [3.63, 3.8) is 0 Å². The number of nitrogens with one attached hydrogen (secondary N) is 1. The Bertz CT molecular complexity index is 1210. The summed E-state index contributed by atoms with van der Waals surface area (Å²) < 4.78 is 26.2. The van der Waals surface area contributed by atoms with Crippen LogP contribution in [0.2, 0.25) is 0 Å². The molecule has 4 heterocycles. The van der Waals surface area contributed by atoms with Crippen LogP contribution in [-0.2, 0) is 16.0 Å². The number of ether oxygens (including phenoxy) is 2. The van der Waals surface area contributed by atoms with Gasteiger partial charge in [0.15, 0.2) is 0 Å². The third-order valence-corrected chi connectivity index (χ3v) is 6.75. The fourth-order valence-corrected chi connectivity index (χ4v) is 4.71. The highest BCUT2D eigenvalue weighted by Gasteiger charge is 2.23. The van der Waals surface area contributed by atoms with Gasteiger partial charge in [-0.25, -0.2) is 14.8 Å². The van der Waals surface area contributed by atoms with Crippen LogP contribution >= 0.6 is 11.3 Å². The first kappa shape index (κ1) is 20.1. The molecular formula is C21H21FN4O4S. The zero-order chi connectivity index (χ0) is 21.4. The normalized spacial score (nSPS) is 21.0. The van der Waals surface area contributed by atoms with Gasteiger partial charge < -0.3 is 19.0 Å². The summed E-state index contributed by atoms with van der Waals surface area (Å²) in [6.45, 7) is 1.87. The van der Waals surface area contributed by atoms with E-state index >= 15 is 0 Å². The topological polar surface area (TPSA) is 99.1 Å². The second-order valence-electron chi connectivity index (χ2n) is 7.86. The van der Waals surface area contributed by atoms with E-state index in [2.05, 4.69) is 15.0 Å². The van der Waals surface area contributed by atoms with Gasteiger partial charge in [-0.2, -0.15) is 4.39 Å². The summed E-state index contributed by atoms with van der Waals surface area (Å²) in [6.07, 6.45) is 8.12. The summed E-state index contributed by atoms with van der Waals surface area (Å²) in [5.41, 5.74) is 1.04. The number of carbonyl (C=O) groups excluding carboxylic acids is 1. The Morgan fingerprint density at radius 3 is 2.97 bits per heavy atom. The molecule has 10 heteroatoms. The SMILES string of the molecule is O=C(OCC1CC=C(c2ncc(F)c(=O)[nH]2)CC1)c1cc2c(ncn2C[C@@H]2CCO2)s1. The van der Waals surface area contributed by atoms with Crippen molar-refractivity contribution in [3.8, 4) is 0 Å². The largest absolute Gasteiger partial charge is 0.461 e. The molecule has 1 fully saturated rings. The van der Waals surface area contributed by atoms with Gasteiger partial charge in [-0.3, -0.25) is 4.79 Å². The number of carbonyl (C=O) groups is 1. The van der Waals surface area contributed by atoms with Gasteiger partial charge in [0.1, 0.15) is 15.5 Å². The van der Waals surface area contributed by atoms with Crippen molar-refractivity contribution < 1.29 is 18.7 Å². The molecule has 1 unspecified atom stereocenters. The highest BCUT2D eigenvalue weighted by Crippen LogP contribution is 2.30. The molecule has 1 aliphatic carbocycles. The van der Waals surface area contributed by atoms with Crippen LogP contribution in [0, 0.1) is 11.7 Å². The molecule has 3 aromatic rings. The summed E-state index contributed by atoms with van der Waals surface area (Å²) in [5.74, 6) is -0.646. The van der Waals surface area contributed by atoms with Gasteiger partial charge in [0.2, 0.25) is 5.82 Å². The van der Waals surface area contributed by atoms with Gasteiger partial charge in [-0.1, -0.05) is 6.08 Å². The zero-order valence-corrected chi connectivity index (χ0v) is 17.5. The number of fused-ring (bicyclic) bond motifs is 1. The van der Waals surface area contributed by atoms with Crippen molar-refractivity contribution in [1.82, 2.24) is 19.5 Å². The Morgan fingerprint density at radius 1 is 1.39 bits per heavy atom. The van der Waals surface area contributed by atoms with Crippen LogP contribution in [0.3, 0.4) is 0 Å². The van der Waals surface area contributed by atoms with E-state index in [-0.39, 0.29) is 18.0 Å². The molecule has 0 aromatic carbocycles. The van der Waals surface area contributed by atoms with Crippen molar-refractivity contribution in [3.05, 3.63) is 51.5 Å². The lowest BCUT2D eigenvalue weighted by atomic mass is 9.90. The first-order valence-corrected chi connectivity index (χ1v) is 11.1. The van der Waals surface area contributed by atoms with Gasteiger partial charge in [-0.05, 0) is 43.2 Å². The van der Waals surface area contributed by atoms with E-state index in [0.717, 1.165) is 48.1 Å². The average molecular weight is 444 g/mol. The maximum Gasteiger partial charge on any atom is 0.348 e. The number of rotatable bonds is 6. The standard InChI is InChI=1S/C21H21FN4O4S/c22-15-8-23-18(25-19(15)27)13-3-1-12(2-4-13)10-30-21(28)17-7-16-20(31-17)24-11-26(16)9-14-5-6-29-14/h3,7-8,11-12,14H,1-2,4-6,9-10H2,(H,23,25,27)/t12?,14-/m0/s1. The lowest BCUT2D eigenvalue weighted by Gasteiger charge is -2.26. The van der Waals surface area contributed by atoms with Crippen LogP contribution in [0.5, 0.6) is 0 Å². The minimum absolute atomic E-state index is 0.192. The summed E-state index contributed by atoms with van der Waals surface area (Å²) in [4.78, 5) is 36.1. The molecular weight excluding hydrogens is 423 g/mol. The molecule has 0 radical (unpaired) electrons. The van der Waals surface area contributed by atoms with Gasteiger partial charge in [0.05, 0.1) is 37.3 Å². The Balaban J connectivity index is 1.18. The van der Waals surface area contributed by atoms with E-state index < -0.39 is 11.4 Å². The maximum absolute atomic E-state index is 13.1. The first-order chi connectivity index (χ1) is 15.1. The molecule has 8 nitrogen and oxygen atoms in total. The van der Waals surface area contributed by atoms with Gasteiger partial charge in [-0.15, -0.1) is 11.3 Å². The fourth-order valence-electron chi connectivity index (χ4n) is 3.81. The number of allylic oxidation sites excluding steroid dienone is 2. The lowest BCUT2D eigenvalue weighted by Crippen LogP contribution is -2.30. The van der Waals surface area contributed by atoms with Crippen molar-refractivity contribution in [2.24, 2.45) is 5.92 Å². The molecule has 1 aliphatic heterocycles. The van der Waals surface area contributed by atoms with Crippen molar-refractivity contribution in [2.45, 2.75) is 38.3 Å². The van der Waals surface area contributed by atoms with Crippen LogP contribution in [0.1, 0.15) is 41.2 Å². The van der Waals surface area contributed by atoms with Crippen LogP contribution in [-0.4, -0.2) is 44.8 Å². The third-order valence-electron chi connectivity index (χ3n) is 5.74. The van der Waals surface area contributed by atoms with E-state index in [1.54, 1.807) is 6.33 Å². The minimum atomic E-state index is -0.894. The summed E-state index contributed by atoms with van der Waals surface area (Å²) in [5, 5.41) is 0. The van der Waals surface area contributed by atoms with Crippen LogP contribution < -0.4 is 5.56 Å². The highest BCUT2D eigenvalue weighted by molar-refractivity contribution is 7.20. The van der Waals surface area contributed by atoms with Crippen LogP contribution in [0.4, 0.5) is 4.39 Å². The molecule has 2 aliphatic rings. The number of hydrogen-bond acceptors (Lipinski definition) is 7. The number of nitrogens with zero attached hydrogens (tertiary/aromatic N) is 3. The second kappa shape index (κ2) is 8.35. The maximum atomic E-state index is 13.1. The molecule has 0 amide bonds. The highest BCUT2D eigenvalue weighted by atomic mass is 32.1. The number of halogens is 1. The van der Waals surface area contributed by atoms with E-state index in [4.69, 9.17) is 9.47 Å². The molecule has 0 saturated carbocycles. The number of aromatic amines is 1. The van der Waals surface area contributed by atoms with Gasteiger partial charge in [0, 0.05) is 6.61 Å². The molecule has 0 bridgehead atoms. The molecule has 1 N–H and O–H groups in total. The Morgan fingerprint density at radius 2 is 2.26 bits per heavy atom. The predicted octanol–water partition coefficient (Wildman–Crippen LogP) is 3.15. The molecule has 5 rings (SSSR count). The van der Waals surface area contributed by atoms with E-state index in [1.807, 2.05) is 16.7 Å². The number of thiophene rings is 1. The molecule has 31 heavy (non-hydrogen) atoms. The smallest absolute Gasteiger partial charge is 0.348 e. The molecule has 1 saturated heterocycles. The number of imidazole rings is 1. The zero-order valence-electron chi connectivity index (χ0n) is 16.7. The lowest BCUT2D eigenvalue weighted by molar-refractivity contribution is -0.0586. The van der Waals surface area contributed by atoms with E-state index in [1.165, 1.54) is 11.3 Å². The quantitative estimate of drug-likeness (QED) is 0.587. The number of hydrogen-bond donors (Lipinski definition) is 1. The second-order valence-corrected chi connectivity index (χ2v) is 8.89. The molecule has 0 spiro atoms. The van der Waals surface area contributed by atoms with Gasteiger partial charge in [0.25, 0.3) is 5.56 Å². The third kappa shape index (κ3) is 4.17. The van der Waals surface area contributed by atoms with Gasteiger partial charge >= 0.3 is 5.97 Å². The minimum Gasteiger partial charge on any atom is -0.461 e. The molecule has 3 aromatic heterocycles. The van der Waals surface area contributed by atoms with Crippen LogP contribution in [0.25, 0.3) is 15.9 Å². The predicted molar refractivity (Wildman–Crippen MR) is 112 cm³/mol. The Labute approximate surface area is 180 Å². The van der Waals surface area contributed by atoms with E-state index in [0.29, 0.717) is 30.2 Å². The average Bonchev–Trinajstić information content (AvgIpc) is 3.33.